The van der Waals surface area contributed by atoms with Crippen molar-refractivity contribution in [2.24, 2.45) is 11.3 Å². The number of amides is 2. The Morgan fingerprint density at radius 1 is 1.23 bits per heavy atom. The fourth-order valence-electron chi connectivity index (χ4n) is 4.77. The Morgan fingerprint density at radius 3 is 2.53 bits per heavy atom. The molecule has 1 N–H and O–H groups in total. The molecule has 0 spiro atoms. The van der Waals surface area contributed by atoms with E-state index in [0.29, 0.717) is 47.3 Å². The fourth-order valence-corrected chi connectivity index (χ4v) is 5.04. The van der Waals surface area contributed by atoms with Crippen molar-refractivity contribution in [3.63, 3.8) is 0 Å². The number of fused-ring (bicyclic) bond motifs is 1. The van der Waals surface area contributed by atoms with Gasteiger partial charge < -0.3 is 15.0 Å². The van der Waals surface area contributed by atoms with Gasteiger partial charge in [0, 0.05) is 25.2 Å². The third-order valence-electron chi connectivity index (χ3n) is 6.84. The molecule has 0 atom stereocenters. The number of halogens is 1. The molecule has 4 rings (SSSR count). The molecule has 7 heteroatoms. The number of carbonyl (C=O) groups excluding carboxylic acids is 2. The first-order valence-corrected chi connectivity index (χ1v) is 11.3. The van der Waals surface area contributed by atoms with Gasteiger partial charge in [0.2, 0.25) is 5.91 Å². The van der Waals surface area contributed by atoms with Crippen LogP contribution in [0.2, 0.25) is 5.02 Å². The Labute approximate surface area is 182 Å². The number of nitrogens with one attached hydrogen (secondary N) is 1. The van der Waals surface area contributed by atoms with Gasteiger partial charge in [0.1, 0.15) is 0 Å². The van der Waals surface area contributed by atoms with Gasteiger partial charge in [-0.25, -0.2) is 4.79 Å². The molecule has 2 aromatic rings. The molecule has 1 saturated heterocycles. The molecule has 1 aromatic heterocycles. The minimum absolute atomic E-state index is 0.0177. The third kappa shape index (κ3) is 3.60. The standard InChI is InChI=1S/C23H30ClN3O3/c1-3-26(2)22(29)27-13-18(20-17(24)11-8-12-19(20)27)25-21(28)23(14-30-15-23)16-9-6-4-5-7-10-16/h8,11-13,16H,3-7,9-10,14-15H2,1-2H3,(H,25,28). The Morgan fingerprint density at radius 2 is 1.93 bits per heavy atom. The molecule has 1 aromatic carbocycles. The molecule has 6 nitrogen and oxygen atoms in total. The summed E-state index contributed by atoms with van der Waals surface area (Å²) >= 11 is 6.50. The van der Waals surface area contributed by atoms with Gasteiger partial charge >= 0.3 is 6.03 Å². The van der Waals surface area contributed by atoms with E-state index in [9.17, 15) is 9.59 Å². The lowest BCUT2D eigenvalue weighted by Gasteiger charge is -2.45. The van der Waals surface area contributed by atoms with E-state index in [-0.39, 0.29) is 11.9 Å². The third-order valence-corrected chi connectivity index (χ3v) is 7.16. The minimum Gasteiger partial charge on any atom is -0.379 e. The van der Waals surface area contributed by atoms with Crippen LogP contribution in [0, 0.1) is 11.3 Å². The second-order valence-corrected chi connectivity index (χ2v) is 9.04. The summed E-state index contributed by atoms with van der Waals surface area (Å²) in [5.41, 5.74) is 0.791. The molecular formula is C23H30ClN3O3. The molecule has 0 unspecified atom stereocenters. The topological polar surface area (TPSA) is 63.6 Å². The molecule has 2 amide bonds. The molecule has 2 heterocycles. The summed E-state index contributed by atoms with van der Waals surface area (Å²) in [6.07, 6.45) is 8.66. The van der Waals surface area contributed by atoms with E-state index in [0.717, 1.165) is 12.8 Å². The van der Waals surface area contributed by atoms with E-state index in [4.69, 9.17) is 16.3 Å². The number of hydrogen-bond donors (Lipinski definition) is 1. The molecule has 2 fully saturated rings. The number of ether oxygens (including phenoxy) is 1. The molecule has 1 saturated carbocycles. The van der Waals surface area contributed by atoms with Gasteiger partial charge in [-0.1, -0.05) is 43.4 Å². The van der Waals surface area contributed by atoms with Crippen LogP contribution in [0.5, 0.6) is 0 Å². The first kappa shape index (κ1) is 21.2. The maximum atomic E-state index is 13.5. The summed E-state index contributed by atoms with van der Waals surface area (Å²) in [4.78, 5) is 28.0. The zero-order valence-electron chi connectivity index (χ0n) is 17.7. The van der Waals surface area contributed by atoms with Gasteiger partial charge in [0.15, 0.2) is 0 Å². The average Bonchev–Trinajstić information content (AvgIpc) is 2.87. The van der Waals surface area contributed by atoms with E-state index in [1.54, 1.807) is 28.8 Å². The highest BCUT2D eigenvalue weighted by atomic mass is 35.5. The van der Waals surface area contributed by atoms with Crippen molar-refractivity contribution in [2.75, 3.05) is 32.1 Å². The van der Waals surface area contributed by atoms with Crippen LogP contribution in [0.15, 0.2) is 24.4 Å². The zero-order chi connectivity index (χ0) is 21.3. The predicted molar refractivity (Wildman–Crippen MR) is 119 cm³/mol. The number of rotatable bonds is 4. The van der Waals surface area contributed by atoms with Crippen molar-refractivity contribution < 1.29 is 14.3 Å². The Hall–Kier alpha value is -2.05. The molecule has 1 aliphatic heterocycles. The maximum absolute atomic E-state index is 13.5. The highest BCUT2D eigenvalue weighted by Gasteiger charge is 2.51. The van der Waals surface area contributed by atoms with Gasteiger partial charge in [0.05, 0.1) is 34.9 Å². The molecular weight excluding hydrogens is 402 g/mol. The minimum atomic E-state index is -0.482. The quantitative estimate of drug-likeness (QED) is 0.681. The van der Waals surface area contributed by atoms with E-state index in [2.05, 4.69) is 5.32 Å². The van der Waals surface area contributed by atoms with Crippen LogP contribution in [0.1, 0.15) is 45.4 Å². The summed E-state index contributed by atoms with van der Waals surface area (Å²) in [7, 11) is 1.75. The first-order chi connectivity index (χ1) is 14.5. The Bertz CT molecular complexity index is 943. The van der Waals surface area contributed by atoms with Crippen LogP contribution in [0.4, 0.5) is 10.5 Å². The first-order valence-electron chi connectivity index (χ1n) is 10.9. The summed E-state index contributed by atoms with van der Waals surface area (Å²) in [6.45, 7) is 3.44. The normalized spacial score (nSPS) is 19.2. The smallest absolute Gasteiger partial charge is 0.328 e. The van der Waals surface area contributed by atoms with Crippen LogP contribution in [0.25, 0.3) is 10.9 Å². The maximum Gasteiger partial charge on any atom is 0.328 e. The monoisotopic (exact) mass is 431 g/mol. The molecule has 2 aliphatic rings. The molecule has 30 heavy (non-hydrogen) atoms. The van der Waals surface area contributed by atoms with Crippen LogP contribution in [-0.2, 0) is 9.53 Å². The van der Waals surface area contributed by atoms with Crippen LogP contribution < -0.4 is 5.32 Å². The number of nitrogens with zero attached hydrogens (tertiary/aromatic N) is 2. The molecule has 1 aliphatic carbocycles. The Balaban J connectivity index is 1.68. The summed E-state index contributed by atoms with van der Waals surface area (Å²) in [5.74, 6) is 0.321. The summed E-state index contributed by atoms with van der Waals surface area (Å²) in [5, 5.41) is 4.34. The number of anilines is 1. The predicted octanol–water partition coefficient (Wildman–Crippen LogP) is 5.14. The number of carbonyl (C=O) groups is 2. The number of aromatic nitrogens is 1. The number of benzene rings is 1. The molecule has 0 radical (unpaired) electrons. The summed E-state index contributed by atoms with van der Waals surface area (Å²) in [6, 6.07) is 5.30. The van der Waals surface area contributed by atoms with Gasteiger partial charge in [-0.3, -0.25) is 9.36 Å². The summed E-state index contributed by atoms with van der Waals surface area (Å²) < 4.78 is 7.10. The fraction of sp³-hybridized carbons (Fsp3) is 0.565. The van der Waals surface area contributed by atoms with Crippen LogP contribution in [-0.4, -0.2) is 48.2 Å². The molecule has 0 bridgehead atoms. The van der Waals surface area contributed by atoms with Crippen molar-refractivity contribution in [1.29, 1.82) is 0 Å². The van der Waals surface area contributed by atoms with Gasteiger partial charge in [-0.15, -0.1) is 0 Å². The van der Waals surface area contributed by atoms with Crippen molar-refractivity contribution in [3.8, 4) is 0 Å². The lowest BCUT2D eigenvalue weighted by atomic mass is 9.69. The highest BCUT2D eigenvalue weighted by Crippen LogP contribution is 2.44. The van der Waals surface area contributed by atoms with E-state index in [1.807, 2.05) is 19.1 Å². The van der Waals surface area contributed by atoms with E-state index < -0.39 is 5.41 Å². The van der Waals surface area contributed by atoms with Crippen molar-refractivity contribution in [2.45, 2.75) is 45.4 Å². The van der Waals surface area contributed by atoms with Gasteiger partial charge in [0.25, 0.3) is 0 Å². The van der Waals surface area contributed by atoms with Crippen LogP contribution in [0.3, 0.4) is 0 Å². The van der Waals surface area contributed by atoms with Crippen LogP contribution >= 0.6 is 11.6 Å². The van der Waals surface area contributed by atoms with Gasteiger partial charge in [-0.05, 0) is 37.8 Å². The molecule has 162 valence electrons. The largest absolute Gasteiger partial charge is 0.379 e. The highest BCUT2D eigenvalue weighted by molar-refractivity contribution is 6.37. The van der Waals surface area contributed by atoms with Crippen molar-refractivity contribution >= 4 is 40.1 Å². The zero-order valence-corrected chi connectivity index (χ0v) is 18.5. The van der Waals surface area contributed by atoms with Crippen molar-refractivity contribution in [1.82, 2.24) is 9.47 Å². The number of hydrogen-bond acceptors (Lipinski definition) is 3. The average molecular weight is 432 g/mol. The second kappa shape index (κ2) is 8.60. The Kier molecular flexibility index (Phi) is 6.07. The van der Waals surface area contributed by atoms with Crippen molar-refractivity contribution in [3.05, 3.63) is 29.4 Å². The lowest BCUT2D eigenvalue weighted by Crippen LogP contribution is -2.56. The van der Waals surface area contributed by atoms with E-state index in [1.165, 1.54) is 25.7 Å². The van der Waals surface area contributed by atoms with Gasteiger partial charge in [-0.2, -0.15) is 0 Å². The second-order valence-electron chi connectivity index (χ2n) is 8.64. The van der Waals surface area contributed by atoms with E-state index >= 15 is 0 Å². The lowest BCUT2D eigenvalue weighted by molar-refractivity contribution is -0.170. The SMILES string of the molecule is CCN(C)C(=O)n1cc(NC(=O)C2(C3CCCCCC3)COC2)c2c(Cl)cccc21.